The summed E-state index contributed by atoms with van der Waals surface area (Å²) < 4.78 is 13.1. The minimum Gasteiger partial charge on any atom is -0.493 e. The van der Waals surface area contributed by atoms with Crippen molar-refractivity contribution in [2.45, 2.75) is 19.5 Å². The maximum Gasteiger partial charge on any atom is 0.331 e. The molecule has 10 heteroatoms. The van der Waals surface area contributed by atoms with E-state index in [1.165, 1.54) is 30.0 Å². The summed E-state index contributed by atoms with van der Waals surface area (Å²) >= 11 is 0. The van der Waals surface area contributed by atoms with Gasteiger partial charge in [0.05, 0.1) is 31.2 Å². The molecule has 4 rings (SSSR count). The summed E-state index contributed by atoms with van der Waals surface area (Å²) in [5, 5.41) is 11.2. The highest BCUT2D eigenvalue weighted by atomic mass is 16.6. The second-order valence-corrected chi connectivity index (χ2v) is 7.56. The first kappa shape index (κ1) is 22.7. The van der Waals surface area contributed by atoms with Crippen LogP contribution in [0.2, 0.25) is 0 Å². The van der Waals surface area contributed by atoms with E-state index in [0.717, 1.165) is 10.1 Å². The summed E-state index contributed by atoms with van der Waals surface area (Å²) in [7, 11) is 3.08. The molecule has 0 fully saturated rings. The molecule has 0 spiro atoms. The number of nitro benzene ring substituents is 1. The minimum absolute atomic E-state index is 0.0549. The van der Waals surface area contributed by atoms with Crippen molar-refractivity contribution in [3.05, 3.63) is 103 Å². The average molecular weight is 462 g/mol. The van der Waals surface area contributed by atoms with Crippen molar-refractivity contribution in [3.8, 4) is 11.5 Å². The van der Waals surface area contributed by atoms with Crippen molar-refractivity contribution in [1.29, 1.82) is 0 Å². The molecule has 4 aromatic rings. The van der Waals surface area contributed by atoms with Gasteiger partial charge in [-0.15, -0.1) is 0 Å². The van der Waals surface area contributed by atoms with Gasteiger partial charge in [0, 0.05) is 24.9 Å². The molecule has 2 aromatic heterocycles. The van der Waals surface area contributed by atoms with E-state index in [2.05, 4.69) is 4.98 Å². The second kappa shape index (κ2) is 9.57. The molecule has 0 aliphatic rings. The highest BCUT2D eigenvalue weighted by Crippen LogP contribution is 2.27. The van der Waals surface area contributed by atoms with Crippen molar-refractivity contribution in [3.63, 3.8) is 0 Å². The number of rotatable bonds is 8. The van der Waals surface area contributed by atoms with Gasteiger partial charge < -0.3 is 9.47 Å². The Morgan fingerprint density at radius 1 is 0.941 bits per heavy atom. The van der Waals surface area contributed by atoms with Gasteiger partial charge >= 0.3 is 5.69 Å². The first-order chi connectivity index (χ1) is 16.4. The van der Waals surface area contributed by atoms with Crippen LogP contribution in [0.1, 0.15) is 11.1 Å². The van der Waals surface area contributed by atoms with Crippen LogP contribution in [0.3, 0.4) is 0 Å². The zero-order valence-corrected chi connectivity index (χ0v) is 18.6. The normalized spacial score (nSPS) is 10.9. The largest absolute Gasteiger partial charge is 0.493 e. The SMILES string of the molecule is COc1ccc(CCn2c(=O)c3ncccc3n(Cc3cccc([N+](=O)[O-])c3)c2=O)cc1OC. The number of benzene rings is 2. The van der Waals surface area contributed by atoms with Crippen LogP contribution in [0.15, 0.2) is 70.4 Å². The number of fused-ring (bicyclic) bond motifs is 1. The first-order valence-electron chi connectivity index (χ1n) is 10.5. The number of nitrogens with zero attached hydrogens (tertiary/aromatic N) is 4. The molecule has 0 saturated heterocycles. The molecule has 2 heterocycles. The second-order valence-electron chi connectivity index (χ2n) is 7.56. The number of hydrogen-bond donors (Lipinski definition) is 0. The van der Waals surface area contributed by atoms with E-state index >= 15 is 0 Å². The summed E-state index contributed by atoms with van der Waals surface area (Å²) in [5.74, 6) is 1.13. The first-order valence-corrected chi connectivity index (χ1v) is 10.5. The predicted molar refractivity (Wildman–Crippen MR) is 126 cm³/mol. The van der Waals surface area contributed by atoms with Crippen LogP contribution in [-0.4, -0.2) is 33.3 Å². The Labute approximate surface area is 193 Å². The van der Waals surface area contributed by atoms with Gasteiger partial charge in [0.2, 0.25) is 0 Å². The predicted octanol–water partition coefficient (Wildman–Crippen LogP) is 2.77. The number of pyridine rings is 1. The van der Waals surface area contributed by atoms with Crippen molar-refractivity contribution < 1.29 is 14.4 Å². The van der Waals surface area contributed by atoms with Crippen LogP contribution in [-0.2, 0) is 19.5 Å². The third-order valence-corrected chi connectivity index (χ3v) is 5.52. The molecular weight excluding hydrogens is 440 g/mol. The van der Waals surface area contributed by atoms with Crippen molar-refractivity contribution in [2.75, 3.05) is 14.2 Å². The molecule has 0 radical (unpaired) electrons. The van der Waals surface area contributed by atoms with Crippen LogP contribution in [0.25, 0.3) is 11.0 Å². The smallest absolute Gasteiger partial charge is 0.331 e. The standard InChI is InChI=1S/C24H22N4O6/c1-33-20-9-8-16(14-21(20)34-2)10-12-26-23(29)22-19(7-4-11-25-22)27(24(26)30)15-17-5-3-6-18(13-17)28(31)32/h3-9,11,13-14H,10,12,15H2,1-2H3. The van der Waals surface area contributed by atoms with Crippen LogP contribution in [0.5, 0.6) is 11.5 Å². The Morgan fingerprint density at radius 3 is 2.47 bits per heavy atom. The number of nitro groups is 1. The van der Waals surface area contributed by atoms with E-state index in [0.29, 0.717) is 29.0 Å². The fourth-order valence-electron chi connectivity index (χ4n) is 3.82. The fourth-order valence-corrected chi connectivity index (χ4v) is 3.82. The van der Waals surface area contributed by atoms with Crippen molar-refractivity contribution in [2.24, 2.45) is 0 Å². The Hall–Kier alpha value is -4.47. The van der Waals surface area contributed by atoms with Gasteiger partial charge in [-0.05, 0) is 41.8 Å². The van der Waals surface area contributed by atoms with Crippen LogP contribution in [0, 0.1) is 10.1 Å². The molecule has 0 atom stereocenters. The number of ether oxygens (including phenoxy) is 2. The van der Waals surface area contributed by atoms with E-state index in [9.17, 15) is 19.7 Å². The lowest BCUT2D eigenvalue weighted by atomic mass is 10.1. The lowest BCUT2D eigenvalue weighted by Crippen LogP contribution is -2.41. The molecular formula is C24H22N4O6. The number of aromatic nitrogens is 3. The summed E-state index contributed by atoms with van der Waals surface area (Å²) in [5.41, 5.74) is 0.858. The van der Waals surface area contributed by atoms with Gasteiger partial charge in [-0.3, -0.25) is 24.0 Å². The minimum atomic E-state index is -0.516. The van der Waals surface area contributed by atoms with Gasteiger partial charge in [-0.25, -0.2) is 9.78 Å². The van der Waals surface area contributed by atoms with Gasteiger partial charge in [0.25, 0.3) is 11.2 Å². The van der Waals surface area contributed by atoms with E-state index in [1.54, 1.807) is 43.5 Å². The quantitative estimate of drug-likeness (QED) is 0.292. The summed E-state index contributed by atoms with van der Waals surface area (Å²) in [4.78, 5) is 41.3. The lowest BCUT2D eigenvalue weighted by Gasteiger charge is -2.14. The van der Waals surface area contributed by atoms with E-state index < -0.39 is 16.2 Å². The third-order valence-electron chi connectivity index (χ3n) is 5.52. The number of aryl methyl sites for hydroxylation is 1. The molecule has 0 N–H and O–H groups in total. The Balaban J connectivity index is 1.75. The molecule has 0 saturated carbocycles. The maximum atomic E-state index is 13.4. The van der Waals surface area contributed by atoms with E-state index in [-0.39, 0.29) is 24.3 Å². The van der Waals surface area contributed by atoms with Crippen LogP contribution >= 0.6 is 0 Å². The number of non-ortho nitro benzene ring substituents is 1. The van der Waals surface area contributed by atoms with Gasteiger partial charge in [0.1, 0.15) is 0 Å². The Morgan fingerprint density at radius 2 is 1.74 bits per heavy atom. The van der Waals surface area contributed by atoms with Gasteiger partial charge in [0.15, 0.2) is 17.0 Å². The molecule has 10 nitrogen and oxygen atoms in total. The van der Waals surface area contributed by atoms with E-state index in [4.69, 9.17) is 9.47 Å². The Bertz CT molecular complexity index is 1490. The molecule has 174 valence electrons. The van der Waals surface area contributed by atoms with Crippen LogP contribution < -0.4 is 20.7 Å². The summed E-state index contributed by atoms with van der Waals surface area (Å²) in [6.45, 7) is 0.175. The zero-order valence-electron chi connectivity index (χ0n) is 18.6. The third kappa shape index (κ3) is 4.38. The highest BCUT2D eigenvalue weighted by molar-refractivity contribution is 5.73. The monoisotopic (exact) mass is 462 g/mol. The molecule has 0 aliphatic heterocycles. The molecule has 0 unspecified atom stereocenters. The Kier molecular flexibility index (Phi) is 6.39. The van der Waals surface area contributed by atoms with Gasteiger partial charge in [-0.2, -0.15) is 0 Å². The molecule has 0 amide bonds. The highest BCUT2D eigenvalue weighted by Gasteiger charge is 2.16. The molecule has 0 bridgehead atoms. The van der Waals surface area contributed by atoms with Gasteiger partial charge in [-0.1, -0.05) is 18.2 Å². The lowest BCUT2D eigenvalue weighted by molar-refractivity contribution is -0.384. The average Bonchev–Trinajstić information content (AvgIpc) is 2.86. The molecule has 0 aliphatic carbocycles. The van der Waals surface area contributed by atoms with Crippen LogP contribution in [0.4, 0.5) is 5.69 Å². The van der Waals surface area contributed by atoms with Crippen molar-refractivity contribution in [1.82, 2.24) is 14.1 Å². The summed E-state index contributed by atoms with van der Waals surface area (Å²) in [6, 6.07) is 14.7. The topological polar surface area (TPSA) is 118 Å². The molecule has 34 heavy (non-hydrogen) atoms. The van der Waals surface area contributed by atoms with E-state index in [1.807, 2.05) is 6.07 Å². The number of hydrogen-bond acceptors (Lipinski definition) is 7. The fraction of sp³-hybridized carbons (Fsp3) is 0.208. The van der Waals surface area contributed by atoms with Crippen molar-refractivity contribution >= 4 is 16.7 Å². The maximum absolute atomic E-state index is 13.4. The number of methoxy groups -OCH3 is 2. The molecule has 2 aromatic carbocycles. The zero-order chi connectivity index (χ0) is 24.2. The summed E-state index contributed by atoms with van der Waals surface area (Å²) in [6.07, 6.45) is 1.88.